The monoisotopic (exact) mass is 378 g/mol. The molecule has 1 N–H and O–H groups in total. The lowest BCUT2D eigenvalue weighted by Crippen LogP contribution is -1.97. The standard InChI is InChI=1S/C21H18N2O3S/c1-27(25,26)18-12-10-15(11-13-18)20-19-9-5-8-17(14-24)23(19)22-21(20)16-6-3-2-4-7-16/h2-13,24H,14H2,1H3. The minimum atomic E-state index is -3.26. The van der Waals surface area contributed by atoms with E-state index in [0.29, 0.717) is 5.69 Å². The fourth-order valence-corrected chi connectivity index (χ4v) is 3.83. The van der Waals surface area contributed by atoms with Crippen LogP contribution < -0.4 is 0 Å². The van der Waals surface area contributed by atoms with Crippen molar-refractivity contribution in [3.63, 3.8) is 0 Å². The number of benzene rings is 2. The van der Waals surface area contributed by atoms with Gasteiger partial charge in [0.2, 0.25) is 0 Å². The van der Waals surface area contributed by atoms with Crippen LogP contribution in [0.4, 0.5) is 0 Å². The van der Waals surface area contributed by atoms with Crippen molar-refractivity contribution < 1.29 is 13.5 Å². The van der Waals surface area contributed by atoms with Crippen molar-refractivity contribution in [1.82, 2.24) is 9.61 Å². The molecule has 0 saturated carbocycles. The van der Waals surface area contributed by atoms with Crippen LogP contribution in [0.25, 0.3) is 27.9 Å². The SMILES string of the molecule is CS(=O)(=O)c1ccc(-c2c(-c3ccccc3)nn3c(CO)cccc23)cc1. The molecule has 4 rings (SSSR count). The highest BCUT2D eigenvalue weighted by Crippen LogP contribution is 2.36. The van der Waals surface area contributed by atoms with E-state index < -0.39 is 9.84 Å². The van der Waals surface area contributed by atoms with Gasteiger partial charge in [-0.3, -0.25) is 0 Å². The third-order valence-corrected chi connectivity index (χ3v) is 5.64. The third kappa shape index (κ3) is 3.13. The Labute approximate surface area is 157 Å². The van der Waals surface area contributed by atoms with Crippen LogP contribution in [0.1, 0.15) is 5.69 Å². The molecule has 0 unspecified atom stereocenters. The van der Waals surface area contributed by atoms with Crippen LogP contribution in [0.3, 0.4) is 0 Å². The van der Waals surface area contributed by atoms with Crippen LogP contribution in [0.5, 0.6) is 0 Å². The number of aromatic nitrogens is 2. The largest absolute Gasteiger partial charge is 0.390 e. The van der Waals surface area contributed by atoms with Crippen LogP contribution in [0.2, 0.25) is 0 Å². The Morgan fingerprint density at radius 3 is 2.22 bits per heavy atom. The van der Waals surface area contributed by atoms with Crippen molar-refractivity contribution >= 4 is 15.4 Å². The first-order chi connectivity index (χ1) is 13.0. The quantitative estimate of drug-likeness (QED) is 0.589. The molecule has 136 valence electrons. The Bertz CT molecular complexity index is 1210. The summed E-state index contributed by atoms with van der Waals surface area (Å²) in [6, 6.07) is 22.3. The van der Waals surface area contributed by atoms with Crippen molar-refractivity contribution in [3.05, 3.63) is 78.5 Å². The molecule has 6 heteroatoms. The topological polar surface area (TPSA) is 71.7 Å². The van der Waals surface area contributed by atoms with Gasteiger partial charge in [0.25, 0.3) is 0 Å². The first-order valence-corrected chi connectivity index (χ1v) is 10.4. The first-order valence-electron chi connectivity index (χ1n) is 8.46. The highest BCUT2D eigenvalue weighted by Gasteiger charge is 2.18. The second kappa shape index (κ2) is 6.64. The lowest BCUT2D eigenvalue weighted by Gasteiger charge is -2.06. The van der Waals surface area contributed by atoms with E-state index >= 15 is 0 Å². The Kier molecular flexibility index (Phi) is 4.30. The summed E-state index contributed by atoms with van der Waals surface area (Å²) < 4.78 is 25.3. The third-order valence-electron chi connectivity index (χ3n) is 4.52. The predicted molar refractivity (Wildman–Crippen MR) is 105 cm³/mol. The summed E-state index contributed by atoms with van der Waals surface area (Å²) in [5.74, 6) is 0. The van der Waals surface area contributed by atoms with Gasteiger partial charge in [0, 0.05) is 17.4 Å². The fraction of sp³-hybridized carbons (Fsp3) is 0.0952. The van der Waals surface area contributed by atoms with Gasteiger partial charge in [-0.05, 0) is 29.8 Å². The smallest absolute Gasteiger partial charge is 0.175 e. The second-order valence-electron chi connectivity index (χ2n) is 6.36. The summed E-state index contributed by atoms with van der Waals surface area (Å²) in [7, 11) is -3.26. The average Bonchev–Trinajstić information content (AvgIpc) is 3.07. The van der Waals surface area contributed by atoms with Crippen LogP contribution >= 0.6 is 0 Å². The van der Waals surface area contributed by atoms with E-state index in [4.69, 9.17) is 5.10 Å². The number of hydrogen-bond donors (Lipinski definition) is 1. The molecule has 27 heavy (non-hydrogen) atoms. The van der Waals surface area contributed by atoms with Gasteiger partial charge >= 0.3 is 0 Å². The number of pyridine rings is 1. The molecule has 5 nitrogen and oxygen atoms in total. The summed E-state index contributed by atoms with van der Waals surface area (Å²) in [5.41, 5.74) is 5.04. The first kappa shape index (κ1) is 17.5. The second-order valence-corrected chi connectivity index (χ2v) is 8.37. The molecule has 2 heterocycles. The van der Waals surface area contributed by atoms with Gasteiger partial charge < -0.3 is 5.11 Å². The van der Waals surface area contributed by atoms with Crippen molar-refractivity contribution in [1.29, 1.82) is 0 Å². The van der Waals surface area contributed by atoms with Crippen LogP contribution in [-0.2, 0) is 16.4 Å². The van der Waals surface area contributed by atoms with E-state index in [1.165, 1.54) is 6.26 Å². The highest BCUT2D eigenvalue weighted by atomic mass is 32.2. The summed E-state index contributed by atoms with van der Waals surface area (Å²) in [5, 5.41) is 14.4. The number of aliphatic hydroxyl groups is 1. The van der Waals surface area contributed by atoms with Crippen LogP contribution in [-0.4, -0.2) is 29.4 Å². The van der Waals surface area contributed by atoms with Crippen LogP contribution in [0, 0.1) is 0 Å². The van der Waals surface area contributed by atoms with E-state index in [1.54, 1.807) is 28.8 Å². The number of rotatable bonds is 4. The van der Waals surface area contributed by atoms with E-state index in [0.717, 1.165) is 27.9 Å². The summed E-state index contributed by atoms with van der Waals surface area (Å²) in [4.78, 5) is 0.278. The van der Waals surface area contributed by atoms with Crippen molar-refractivity contribution in [2.75, 3.05) is 6.26 Å². The fourth-order valence-electron chi connectivity index (χ4n) is 3.20. The van der Waals surface area contributed by atoms with Gasteiger partial charge in [-0.15, -0.1) is 0 Å². The molecule has 0 saturated heterocycles. The van der Waals surface area contributed by atoms with E-state index in [1.807, 2.05) is 48.5 Å². The summed E-state index contributed by atoms with van der Waals surface area (Å²) in [6.45, 7) is -0.125. The van der Waals surface area contributed by atoms with E-state index in [9.17, 15) is 13.5 Å². The number of aliphatic hydroxyl groups excluding tert-OH is 1. The van der Waals surface area contributed by atoms with E-state index in [-0.39, 0.29) is 11.5 Å². The predicted octanol–water partition coefficient (Wildman–Crippen LogP) is 3.56. The number of fused-ring (bicyclic) bond motifs is 1. The molecule has 0 radical (unpaired) electrons. The number of hydrogen-bond acceptors (Lipinski definition) is 4. The minimum Gasteiger partial charge on any atom is -0.390 e. The van der Waals surface area contributed by atoms with Crippen LogP contribution in [0.15, 0.2) is 77.7 Å². The average molecular weight is 378 g/mol. The zero-order valence-electron chi connectivity index (χ0n) is 14.7. The molecule has 0 aliphatic rings. The lowest BCUT2D eigenvalue weighted by molar-refractivity contribution is 0.273. The molecular weight excluding hydrogens is 360 g/mol. The van der Waals surface area contributed by atoms with Gasteiger partial charge in [0.05, 0.1) is 22.7 Å². The molecule has 2 aromatic carbocycles. The zero-order chi connectivity index (χ0) is 19.0. The molecule has 0 fully saturated rings. The van der Waals surface area contributed by atoms with Gasteiger partial charge in [0.15, 0.2) is 9.84 Å². The van der Waals surface area contributed by atoms with Crippen molar-refractivity contribution in [2.24, 2.45) is 0 Å². The molecule has 0 aliphatic carbocycles. The number of nitrogens with zero attached hydrogens (tertiary/aromatic N) is 2. The summed E-state index contributed by atoms with van der Waals surface area (Å²) >= 11 is 0. The Morgan fingerprint density at radius 2 is 1.59 bits per heavy atom. The molecule has 0 atom stereocenters. The maximum absolute atomic E-state index is 11.8. The number of sulfone groups is 1. The highest BCUT2D eigenvalue weighted by molar-refractivity contribution is 7.90. The van der Waals surface area contributed by atoms with Gasteiger partial charge in [0.1, 0.15) is 5.69 Å². The minimum absolute atomic E-state index is 0.125. The maximum atomic E-state index is 11.8. The molecule has 4 aromatic rings. The van der Waals surface area contributed by atoms with Gasteiger partial charge in [-0.25, -0.2) is 12.9 Å². The zero-order valence-corrected chi connectivity index (χ0v) is 15.5. The molecular formula is C21H18N2O3S. The van der Waals surface area contributed by atoms with Gasteiger partial charge in [-0.2, -0.15) is 5.10 Å². The Hall–Kier alpha value is -2.96. The van der Waals surface area contributed by atoms with Crippen molar-refractivity contribution in [2.45, 2.75) is 11.5 Å². The lowest BCUT2D eigenvalue weighted by atomic mass is 10.00. The molecule has 0 amide bonds. The molecule has 0 aliphatic heterocycles. The molecule has 0 bridgehead atoms. The normalized spacial score (nSPS) is 11.8. The van der Waals surface area contributed by atoms with E-state index in [2.05, 4.69) is 0 Å². The van der Waals surface area contributed by atoms with Crippen molar-refractivity contribution in [3.8, 4) is 22.4 Å². The Morgan fingerprint density at radius 1 is 0.889 bits per heavy atom. The molecule has 2 aromatic heterocycles. The summed E-state index contributed by atoms with van der Waals surface area (Å²) in [6.07, 6.45) is 1.19. The Balaban J connectivity index is 2.01. The molecule has 0 spiro atoms. The maximum Gasteiger partial charge on any atom is 0.175 e. The van der Waals surface area contributed by atoms with Gasteiger partial charge in [-0.1, -0.05) is 48.5 Å².